The van der Waals surface area contributed by atoms with E-state index in [2.05, 4.69) is 36.2 Å². The van der Waals surface area contributed by atoms with Crippen LogP contribution in [0.15, 0.2) is 100 Å². The van der Waals surface area contributed by atoms with Crippen LogP contribution >= 0.6 is 15.9 Å². The van der Waals surface area contributed by atoms with Crippen LogP contribution in [-0.4, -0.2) is 23.7 Å². The third kappa shape index (κ3) is 4.89. The van der Waals surface area contributed by atoms with Gasteiger partial charge in [0, 0.05) is 32.2 Å². The van der Waals surface area contributed by atoms with Gasteiger partial charge in [0.15, 0.2) is 5.82 Å². The van der Waals surface area contributed by atoms with Gasteiger partial charge in [0.05, 0.1) is 4.90 Å². The van der Waals surface area contributed by atoms with Crippen molar-refractivity contribution in [2.45, 2.75) is 11.8 Å². The molecule has 0 fully saturated rings. The van der Waals surface area contributed by atoms with Crippen molar-refractivity contribution in [3.05, 3.63) is 101 Å². The van der Waals surface area contributed by atoms with E-state index >= 15 is 0 Å². The molecular formula is C27H21BrN4O3S. The first kappa shape index (κ1) is 23.8. The monoisotopic (exact) mass is 560 g/mol. The second-order valence-corrected chi connectivity index (χ2v) is 10.8. The van der Waals surface area contributed by atoms with Crippen LogP contribution in [0.5, 0.6) is 5.75 Å². The fraction of sp³-hybridized carbons (Fsp3) is 0.0370. The van der Waals surface area contributed by atoms with Gasteiger partial charge in [0.1, 0.15) is 11.4 Å². The predicted octanol–water partition coefficient (Wildman–Crippen LogP) is 6.62. The number of nitrogens with one attached hydrogen (secondary N) is 2. The highest BCUT2D eigenvalue weighted by atomic mass is 79.9. The largest absolute Gasteiger partial charge is 0.508 e. The van der Waals surface area contributed by atoms with E-state index in [1.54, 1.807) is 19.1 Å². The van der Waals surface area contributed by atoms with Gasteiger partial charge in [-0.3, -0.25) is 4.72 Å². The number of rotatable bonds is 6. The van der Waals surface area contributed by atoms with Gasteiger partial charge in [0.25, 0.3) is 10.0 Å². The number of aryl methyl sites for hydroxylation is 1. The zero-order valence-corrected chi connectivity index (χ0v) is 21.5. The Bertz CT molecular complexity index is 1690. The normalized spacial score (nSPS) is 11.4. The highest BCUT2D eigenvalue weighted by molar-refractivity contribution is 9.10. The number of aromatic hydroxyl groups is 1. The van der Waals surface area contributed by atoms with E-state index in [4.69, 9.17) is 0 Å². The number of anilines is 3. The van der Waals surface area contributed by atoms with Gasteiger partial charge in [-0.2, -0.15) is 0 Å². The van der Waals surface area contributed by atoms with Gasteiger partial charge in [-0.25, -0.2) is 8.42 Å². The molecule has 1 heterocycles. The maximum atomic E-state index is 13.2. The summed E-state index contributed by atoms with van der Waals surface area (Å²) < 4.78 is 29.9. The molecule has 9 heteroatoms. The molecule has 1 aromatic heterocycles. The van der Waals surface area contributed by atoms with Gasteiger partial charge in [-0.05, 0) is 61.0 Å². The van der Waals surface area contributed by atoms with Crippen LogP contribution in [0.25, 0.3) is 22.0 Å². The Morgan fingerprint density at radius 2 is 1.56 bits per heavy atom. The molecule has 0 radical (unpaired) electrons. The third-order valence-corrected chi connectivity index (χ3v) is 7.66. The zero-order valence-electron chi connectivity index (χ0n) is 19.1. The summed E-state index contributed by atoms with van der Waals surface area (Å²) in [7, 11) is -3.89. The Kier molecular flexibility index (Phi) is 6.34. The number of phenols is 1. The third-order valence-electron chi connectivity index (χ3n) is 5.65. The van der Waals surface area contributed by atoms with Crippen molar-refractivity contribution in [3.63, 3.8) is 0 Å². The Morgan fingerprint density at radius 1 is 0.806 bits per heavy atom. The molecule has 5 rings (SSSR count). The molecule has 0 aliphatic carbocycles. The van der Waals surface area contributed by atoms with E-state index < -0.39 is 10.0 Å². The van der Waals surface area contributed by atoms with Gasteiger partial charge in [0.2, 0.25) is 0 Å². The van der Waals surface area contributed by atoms with Crippen molar-refractivity contribution in [2.75, 3.05) is 10.0 Å². The molecule has 0 aliphatic heterocycles. The van der Waals surface area contributed by atoms with Crippen LogP contribution in [-0.2, 0) is 10.0 Å². The van der Waals surface area contributed by atoms with Crippen LogP contribution in [0.4, 0.5) is 17.2 Å². The molecule has 0 saturated carbocycles. The van der Waals surface area contributed by atoms with Gasteiger partial charge in [-0.15, -0.1) is 10.2 Å². The van der Waals surface area contributed by atoms with Crippen molar-refractivity contribution in [1.29, 1.82) is 0 Å². The lowest BCUT2D eigenvalue weighted by atomic mass is 10.0. The molecule has 0 unspecified atom stereocenters. The van der Waals surface area contributed by atoms with Crippen molar-refractivity contribution in [1.82, 2.24) is 10.2 Å². The number of phenolic OH excluding ortho intramolecular Hbond substituents is 1. The number of hydrogen-bond donors (Lipinski definition) is 3. The molecule has 0 bridgehead atoms. The number of fused-ring (bicyclic) bond motifs is 1. The molecule has 7 nitrogen and oxygen atoms in total. The van der Waals surface area contributed by atoms with Crippen molar-refractivity contribution in [3.8, 4) is 17.0 Å². The van der Waals surface area contributed by atoms with E-state index in [0.717, 1.165) is 20.9 Å². The Balaban J connectivity index is 1.56. The molecule has 4 aromatic carbocycles. The molecule has 180 valence electrons. The van der Waals surface area contributed by atoms with Crippen molar-refractivity contribution in [2.24, 2.45) is 0 Å². The minimum Gasteiger partial charge on any atom is -0.508 e. The molecule has 3 N–H and O–H groups in total. The van der Waals surface area contributed by atoms with Gasteiger partial charge < -0.3 is 10.4 Å². The first-order valence-corrected chi connectivity index (χ1v) is 13.3. The quantitative estimate of drug-likeness (QED) is 0.202. The number of halogens is 1. The highest BCUT2D eigenvalue weighted by Gasteiger charge is 2.20. The van der Waals surface area contributed by atoms with Crippen LogP contribution in [0.1, 0.15) is 5.56 Å². The summed E-state index contributed by atoms with van der Waals surface area (Å²) in [6, 6.07) is 26.5. The molecule has 0 spiro atoms. The van der Waals surface area contributed by atoms with E-state index in [-0.39, 0.29) is 10.6 Å². The van der Waals surface area contributed by atoms with Crippen LogP contribution in [0, 0.1) is 6.92 Å². The molecule has 5 aromatic rings. The maximum Gasteiger partial charge on any atom is 0.262 e. The Morgan fingerprint density at radius 3 is 2.31 bits per heavy atom. The number of hydrogen-bond acceptors (Lipinski definition) is 6. The molecule has 36 heavy (non-hydrogen) atoms. The lowest BCUT2D eigenvalue weighted by Crippen LogP contribution is -2.14. The molecule has 0 saturated heterocycles. The zero-order chi connectivity index (χ0) is 25.3. The summed E-state index contributed by atoms with van der Waals surface area (Å²) in [4.78, 5) is 0.135. The number of sulfonamides is 1. The first-order chi connectivity index (χ1) is 17.3. The fourth-order valence-electron chi connectivity index (χ4n) is 3.89. The Hall–Kier alpha value is -3.95. The summed E-state index contributed by atoms with van der Waals surface area (Å²) in [5, 5.41) is 23.4. The number of nitrogens with zero attached hydrogens (tertiary/aromatic N) is 2. The lowest BCUT2D eigenvalue weighted by molar-refractivity contribution is 0.475. The molecule has 0 aliphatic rings. The molecular weight excluding hydrogens is 540 g/mol. The van der Waals surface area contributed by atoms with Crippen LogP contribution < -0.4 is 10.0 Å². The SMILES string of the molecule is Cc1ccc(-c2nnc(Nc3cccc(Br)c3)c3ccccc23)cc1S(=O)(=O)Nc1ccc(O)cc1. The molecule has 0 amide bonds. The average molecular weight is 561 g/mol. The predicted molar refractivity (Wildman–Crippen MR) is 146 cm³/mol. The molecule has 0 atom stereocenters. The van der Waals surface area contributed by atoms with E-state index in [1.165, 1.54) is 24.3 Å². The summed E-state index contributed by atoms with van der Waals surface area (Å²) in [6.45, 7) is 1.74. The number of benzene rings is 4. The summed E-state index contributed by atoms with van der Waals surface area (Å²) >= 11 is 3.48. The van der Waals surface area contributed by atoms with Crippen LogP contribution in [0.2, 0.25) is 0 Å². The Labute approximate surface area is 217 Å². The summed E-state index contributed by atoms with van der Waals surface area (Å²) in [6.07, 6.45) is 0. The fourth-order valence-corrected chi connectivity index (χ4v) is 5.62. The number of aromatic nitrogens is 2. The van der Waals surface area contributed by atoms with E-state index in [9.17, 15) is 13.5 Å². The second kappa shape index (κ2) is 9.60. The minimum absolute atomic E-state index is 0.0550. The summed E-state index contributed by atoms with van der Waals surface area (Å²) in [5.41, 5.74) is 3.01. The van der Waals surface area contributed by atoms with Gasteiger partial charge >= 0.3 is 0 Å². The second-order valence-electron chi connectivity index (χ2n) is 8.21. The summed E-state index contributed by atoms with van der Waals surface area (Å²) in [5.74, 6) is 0.654. The van der Waals surface area contributed by atoms with Crippen LogP contribution in [0.3, 0.4) is 0 Å². The lowest BCUT2D eigenvalue weighted by Gasteiger charge is -2.14. The van der Waals surface area contributed by atoms with Crippen molar-refractivity contribution >= 4 is 53.9 Å². The maximum absolute atomic E-state index is 13.2. The first-order valence-electron chi connectivity index (χ1n) is 11.0. The smallest absolute Gasteiger partial charge is 0.262 e. The van der Waals surface area contributed by atoms with E-state index in [0.29, 0.717) is 28.3 Å². The topological polar surface area (TPSA) is 104 Å². The minimum atomic E-state index is -3.89. The standard InChI is InChI=1S/C27H21BrN4O3S/c1-17-9-10-18(15-25(17)36(34,35)32-20-11-13-22(33)14-12-20)26-23-7-2-3-8-24(23)27(31-30-26)29-21-6-4-5-19(28)16-21/h2-16,32-33H,1H3,(H,29,31). The van der Waals surface area contributed by atoms with E-state index in [1.807, 2.05) is 54.6 Å². The average Bonchev–Trinajstić information content (AvgIpc) is 2.86. The van der Waals surface area contributed by atoms with Crippen molar-refractivity contribution < 1.29 is 13.5 Å². The highest BCUT2D eigenvalue weighted by Crippen LogP contribution is 2.33. The van der Waals surface area contributed by atoms with Gasteiger partial charge in [-0.1, -0.05) is 58.4 Å².